The molecule has 0 heterocycles. The van der Waals surface area contributed by atoms with E-state index in [1.54, 1.807) is 25.1 Å². The molecule has 2 atom stereocenters. The Labute approximate surface area is 107 Å². The highest BCUT2D eigenvalue weighted by Gasteiger charge is 2.24. The largest absolute Gasteiger partial charge is 0.508 e. The van der Waals surface area contributed by atoms with Crippen molar-refractivity contribution in [2.75, 3.05) is 6.54 Å². The molecule has 1 aliphatic carbocycles. The summed E-state index contributed by atoms with van der Waals surface area (Å²) in [6, 6.07) is 5.09. The summed E-state index contributed by atoms with van der Waals surface area (Å²) in [6.07, 6.45) is 3.30. The van der Waals surface area contributed by atoms with Crippen LogP contribution < -0.4 is 11.1 Å². The summed E-state index contributed by atoms with van der Waals surface area (Å²) in [5.41, 5.74) is 7.25. The van der Waals surface area contributed by atoms with Gasteiger partial charge < -0.3 is 16.2 Å². The molecule has 4 nitrogen and oxygen atoms in total. The zero-order valence-electron chi connectivity index (χ0n) is 10.6. The molecule has 0 aliphatic heterocycles. The lowest BCUT2D eigenvalue weighted by Crippen LogP contribution is -2.36. The number of amides is 1. The predicted octanol–water partition coefficient (Wildman–Crippen LogP) is 1.56. The number of aryl methyl sites for hydroxylation is 1. The molecule has 18 heavy (non-hydrogen) atoms. The van der Waals surface area contributed by atoms with Crippen molar-refractivity contribution < 1.29 is 9.90 Å². The van der Waals surface area contributed by atoms with Gasteiger partial charge in [0.05, 0.1) is 0 Å². The molecule has 0 spiro atoms. The van der Waals surface area contributed by atoms with E-state index in [2.05, 4.69) is 5.32 Å². The lowest BCUT2D eigenvalue weighted by atomic mass is 10.0. The highest BCUT2D eigenvalue weighted by Crippen LogP contribution is 2.23. The third-order valence-corrected chi connectivity index (χ3v) is 3.70. The Morgan fingerprint density at radius 2 is 2.28 bits per heavy atom. The molecular weight excluding hydrogens is 228 g/mol. The third kappa shape index (κ3) is 2.82. The first kappa shape index (κ1) is 12.9. The molecule has 0 aromatic heterocycles. The Balaban J connectivity index is 1.93. The number of nitrogens with one attached hydrogen (secondary N) is 1. The minimum Gasteiger partial charge on any atom is -0.508 e. The van der Waals surface area contributed by atoms with Crippen LogP contribution in [0.4, 0.5) is 0 Å². The van der Waals surface area contributed by atoms with Crippen LogP contribution in [0.1, 0.15) is 35.2 Å². The molecule has 1 aliphatic rings. The van der Waals surface area contributed by atoms with Gasteiger partial charge in [0, 0.05) is 18.2 Å². The third-order valence-electron chi connectivity index (χ3n) is 3.70. The molecule has 0 saturated heterocycles. The van der Waals surface area contributed by atoms with Crippen LogP contribution in [0.5, 0.6) is 5.75 Å². The van der Waals surface area contributed by atoms with Crippen molar-refractivity contribution in [3.8, 4) is 5.75 Å². The monoisotopic (exact) mass is 248 g/mol. The van der Waals surface area contributed by atoms with Crippen molar-refractivity contribution in [1.82, 2.24) is 5.32 Å². The normalized spacial score (nSPS) is 23.0. The number of rotatable bonds is 3. The maximum atomic E-state index is 11.9. The highest BCUT2D eigenvalue weighted by atomic mass is 16.3. The van der Waals surface area contributed by atoms with Crippen LogP contribution in [0.2, 0.25) is 0 Å². The van der Waals surface area contributed by atoms with Gasteiger partial charge in [-0.3, -0.25) is 4.79 Å². The Bertz CT molecular complexity index is 445. The van der Waals surface area contributed by atoms with Gasteiger partial charge in [0.2, 0.25) is 0 Å². The van der Waals surface area contributed by atoms with E-state index in [9.17, 15) is 9.90 Å². The van der Waals surface area contributed by atoms with E-state index < -0.39 is 0 Å². The highest BCUT2D eigenvalue weighted by molar-refractivity contribution is 5.94. The maximum absolute atomic E-state index is 11.9. The summed E-state index contributed by atoms with van der Waals surface area (Å²) in [5, 5.41) is 12.3. The van der Waals surface area contributed by atoms with Gasteiger partial charge in [0.25, 0.3) is 5.91 Å². The number of aromatic hydroxyl groups is 1. The summed E-state index contributed by atoms with van der Waals surface area (Å²) in [5.74, 6) is 0.508. The van der Waals surface area contributed by atoms with Gasteiger partial charge in [-0.25, -0.2) is 0 Å². The second-order valence-corrected chi connectivity index (χ2v) is 5.07. The zero-order chi connectivity index (χ0) is 13.1. The first-order valence-corrected chi connectivity index (χ1v) is 6.41. The standard InChI is InChI=1S/C14H20N2O2/c1-9-7-10(5-6-13(9)17)14(18)16-8-11-3-2-4-12(11)15/h5-7,11-12,17H,2-4,8,15H2,1H3,(H,16,18). The topological polar surface area (TPSA) is 75.4 Å². The molecule has 1 fully saturated rings. The van der Waals surface area contributed by atoms with Gasteiger partial charge >= 0.3 is 0 Å². The lowest BCUT2D eigenvalue weighted by molar-refractivity contribution is 0.0946. The van der Waals surface area contributed by atoms with Crippen LogP contribution in [-0.2, 0) is 0 Å². The van der Waals surface area contributed by atoms with Crippen molar-refractivity contribution in [3.63, 3.8) is 0 Å². The van der Waals surface area contributed by atoms with Crippen molar-refractivity contribution in [2.24, 2.45) is 11.7 Å². The molecule has 98 valence electrons. The molecule has 1 aromatic rings. The molecule has 0 bridgehead atoms. The van der Waals surface area contributed by atoms with Gasteiger partial charge in [-0.2, -0.15) is 0 Å². The average Bonchev–Trinajstić information content (AvgIpc) is 2.75. The molecule has 1 amide bonds. The number of phenols is 1. The molecule has 2 rings (SSSR count). The minimum absolute atomic E-state index is 0.0998. The van der Waals surface area contributed by atoms with Crippen LogP contribution >= 0.6 is 0 Å². The molecule has 4 N–H and O–H groups in total. The number of phenolic OH excluding ortho intramolecular Hbond substituents is 1. The van der Waals surface area contributed by atoms with Crippen LogP contribution in [0.3, 0.4) is 0 Å². The second-order valence-electron chi connectivity index (χ2n) is 5.07. The van der Waals surface area contributed by atoms with Crippen LogP contribution in [-0.4, -0.2) is 23.6 Å². The average molecular weight is 248 g/mol. The first-order chi connectivity index (χ1) is 8.58. The molecule has 2 unspecified atom stereocenters. The number of hydrogen-bond acceptors (Lipinski definition) is 3. The Morgan fingerprint density at radius 1 is 1.50 bits per heavy atom. The fourth-order valence-corrected chi connectivity index (χ4v) is 2.44. The van der Waals surface area contributed by atoms with Crippen molar-refractivity contribution in [2.45, 2.75) is 32.2 Å². The lowest BCUT2D eigenvalue weighted by Gasteiger charge is -2.16. The number of carbonyl (C=O) groups excluding carboxylic acids is 1. The van der Waals surface area contributed by atoms with E-state index in [0.29, 0.717) is 23.6 Å². The molecule has 4 heteroatoms. The van der Waals surface area contributed by atoms with Crippen molar-refractivity contribution in [3.05, 3.63) is 29.3 Å². The van der Waals surface area contributed by atoms with Crippen LogP contribution in [0, 0.1) is 12.8 Å². The predicted molar refractivity (Wildman–Crippen MR) is 70.5 cm³/mol. The summed E-state index contributed by atoms with van der Waals surface area (Å²) < 4.78 is 0. The quantitative estimate of drug-likeness (QED) is 0.759. The van der Waals surface area contributed by atoms with Gasteiger partial charge in [0.15, 0.2) is 0 Å². The fraction of sp³-hybridized carbons (Fsp3) is 0.500. The number of nitrogens with two attached hydrogens (primary N) is 1. The Kier molecular flexibility index (Phi) is 3.87. The number of carbonyl (C=O) groups is 1. The summed E-state index contributed by atoms with van der Waals surface area (Å²) >= 11 is 0. The number of benzene rings is 1. The molecular formula is C14H20N2O2. The maximum Gasteiger partial charge on any atom is 0.251 e. The van der Waals surface area contributed by atoms with Gasteiger partial charge in [0.1, 0.15) is 5.75 Å². The van der Waals surface area contributed by atoms with Crippen LogP contribution in [0.25, 0.3) is 0 Å². The molecule has 1 saturated carbocycles. The molecule has 0 radical (unpaired) electrons. The van der Waals surface area contributed by atoms with Crippen LogP contribution in [0.15, 0.2) is 18.2 Å². The summed E-state index contributed by atoms with van der Waals surface area (Å²) in [6.45, 7) is 2.42. The smallest absolute Gasteiger partial charge is 0.251 e. The van der Waals surface area contributed by atoms with Crippen molar-refractivity contribution >= 4 is 5.91 Å². The van der Waals surface area contributed by atoms with E-state index in [4.69, 9.17) is 5.73 Å². The van der Waals surface area contributed by atoms with E-state index in [1.165, 1.54) is 0 Å². The van der Waals surface area contributed by atoms with Gasteiger partial charge in [-0.05, 0) is 49.4 Å². The Morgan fingerprint density at radius 3 is 2.89 bits per heavy atom. The fourth-order valence-electron chi connectivity index (χ4n) is 2.44. The first-order valence-electron chi connectivity index (χ1n) is 6.41. The number of hydrogen-bond donors (Lipinski definition) is 3. The van der Waals surface area contributed by atoms with Gasteiger partial charge in [-0.15, -0.1) is 0 Å². The summed E-state index contributed by atoms with van der Waals surface area (Å²) in [7, 11) is 0. The van der Waals surface area contributed by atoms with E-state index in [0.717, 1.165) is 19.3 Å². The second kappa shape index (κ2) is 5.40. The van der Waals surface area contributed by atoms with Gasteiger partial charge in [-0.1, -0.05) is 6.42 Å². The minimum atomic E-state index is -0.0998. The van der Waals surface area contributed by atoms with E-state index in [1.807, 2.05) is 0 Å². The SMILES string of the molecule is Cc1cc(C(=O)NCC2CCCC2N)ccc1O. The van der Waals surface area contributed by atoms with Crippen molar-refractivity contribution in [1.29, 1.82) is 0 Å². The Hall–Kier alpha value is -1.55. The summed E-state index contributed by atoms with van der Waals surface area (Å²) in [4.78, 5) is 11.9. The van der Waals surface area contributed by atoms with E-state index in [-0.39, 0.29) is 17.7 Å². The van der Waals surface area contributed by atoms with E-state index >= 15 is 0 Å². The zero-order valence-corrected chi connectivity index (χ0v) is 10.6. The molecule has 1 aromatic carbocycles.